The summed E-state index contributed by atoms with van der Waals surface area (Å²) in [4.78, 5) is 13.1. The van der Waals surface area contributed by atoms with E-state index in [1.54, 1.807) is 4.90 Å². The third-order valence-corrected chi connectivity index (χ3v) is 3.57. The number of nitrogens with zero attached hydrogens (tertiary/aromatic N) is 1. The fraction of sp³-hybridized carbons (Fsp3) is 0.533. The van der Waals surface area contributed by atoms with Gasteiger partial charge in [-0.05, 0) is 17.7 Å². The van der Waals surface area contributed by atoms with Gasteiger partial charge in [-0.15, -0.1) is 0 Å². The highest BCUT2D eigenvalue weighted by atomic mass is 35.5. The van der Waals surface area contributed by atoms with Gasteiger partial charge in [0.2, 0.25) is 0 Å². The molecule has 1 fully saturated rings. The average molecular weight is 312 g/mol. The van der Waals surface area contributed by atoms with Gasteiger partial charge in [0.25, 0.3) is 0 Å². The van der Waals surface area contributed by atoms with Crippen LogP contribution in [0.5, 0.6) is 5.75 Å². The number of halogens is 1. The second kappa shape index (κ2) is 7.52. The summed E-state index contributed by atoms with van der Waals surface area (Å²) in [6, 6.07) is 6.20. The highest BCUT2D eigenvalue weighted by molar-refractivity contribution is 6.32. The van der Waals surface area contributed by atoms with Crippen molar-refractivity contribution in [2.75, 3.05) is 26.2 Å². The van der Waals surface area contributed by atoms with Gasteiger partial charge in [0.05, 0.1) is 11.6 Å². The van der Waals surface area contributed by atoms with Crippen LogP contribution in [0.2, 0.25) is 5.02 Å². The first-order valence-corrected chi connectivity index (χ1v) is 7.61. The number of rotatable bonds is 7. The molecule has 1 aromatic rings. The number of carbonyl (C=O) groups excluding carboxylic acids is 1. The molecular formula is C15H22ClN3O2. The van der Waals surface area contributed by atoms with E-state index in [9.17, 15) is 4.79 Å². The van der Waals surface area contributed by atoms with Crippen molar-refractivity contribution >= 4 is 17.6 Å². The lowest BCUT2D eigenvalue weighted by Crippen LogP contribution is -2.31. The summed E-state index contributed by atoms with van der Waals surface area (Å²) in [5.74, 6) is 0.657. The summed E-state index contributed by atoms with van der Waals surface area (Å²) < 4.78 is 5.65. The number of carbonyl (C=O) groups is 1. The van der Waals surface area contributed by atoms with Crippen LogP contribution in [0.4, 0.5) is 4.79 Å². The summed E-state index contributed by atoms with van der Waals surface area (Å²) in [7, 11) is 0. The standard InChI is InChI=1S/C15H22ClN3O2/c1-11(2)18-10-12-3-4-14(13(16)9-12)21-8-7-19-6-5-17-15(19)20/h3-4,9,11,18H,5-8,10H2,1-2H3,(H,17,20). The third-order valence-electron chi connectivity index (χ3n) is 3.27. The molecular weight excluding hydrogens is 290 g/mol. The number of ether oxygens (including phenoxy) is 1. The largest absolute Gasteiger partial charge is 0.490 e. The Balaban J connectivity index is 1.81. The van der Waals surface area contributed by atoms with Crippen LogP contribution in [0, 0.1) is 0 Å². The Kier molecular flexibility index (Phi) is 5.70. The number of benzene rings is 1. The van der Waals surface area contributed by atoms with Crippen LogP contribution < -0.4 is 15.4 Å². The van der Waals surface area contributed by atoms with Gasteiger partial charge in [0.15, 0.2) is 0 Å². The number of hydrogen-bond acceptors (Lipinski definition) is 3. The van der Waals surface area contributed by atoms with Crippen LogP contribution in [0.15, 0.2) is 18.2 Å². The molecule has 0 bridgehead atoms. The van der Waals surface area contributed by atoms with Gasteiger partial charge in [-0.2, -0.15) is 0 Å². The molecule has 1 saturated heterocycles. The van der Waals surface area contributed by atoms with E-state index in [0.29, 0.717) is 36.5 Å². The zero-order valence-corrected chi connectivity index (χ0v) is 13.2. The quantitative estimate of drug-likeness (QED) is 0.812. The van der Waals surface area contributed by atoms with Crippen molar-refractivity contribution in [3.8, 4) is 5.75 Å². The topological polar surface area (TPSA) is 53.6 Å². The average Bonchev–Trinajstić information content (AvgIpc) is 2.84. The van der Waals surface area contributed by atoms with E-state index < -0.39 is 0 Å². The lowest BCUT2D eigenvalue weighted by Gasteiger charge is -2.15. The molecule has 1 aliphatic rings. The Bertz CT molecular complexity index is 494. The van der Waals surface area contributed by atoms with Gasteiger partial charge in [0.1, 0.15) is 12.4 Å². The summed E-state index contributed by atoms with van der Waals surface area (Å²) in [5.41, 5.74) is 1.12. The highest BCUT2D eigenvalue weighted by Crippen LogP contribution is 2.25. The Hall–Kier alpha value is -1.46. The summed E-state index contributed by atoms with van der Waals surface area (Å²) in [5, 5.41) is 6.70. The van der Waals surface area contributed by atoms with Crippen molar-refractivity contribution < 1.29 is 9.53 Å². The van der Waals surface area contributed by atoms with Gasteiger partial charge >= 0.3 is 6.03 Å². The van der Waals surface area contributed by atoms with Crippen LogP contribution in [0.3, 0.4) is 0 Å². The second-order valence-corrected chi connectivity index (χ2v) is 5.78. The molecule has 5 nitrogen and oxygen atoms in total. The Labute approximate surface area is 130 Å². The van der Waals surface area contributed by atoms with E-state index in [4.69, 9.17) is 16.3 Å². The minimum absolute atomic E-state index is 0.0280. The molecule has 1 aromatic carbocycles. The van der Waals surface area contributed by atoms with E-state index in [1.807, 2.05) is 18.2 Å². The molecule has 0 unspecified atom stereocenters. The number of amides is 2. The van der Waals surface area contributed by atoms with Gasteiger partial charge in [-0.3, -0.25) is 0 Å². The molecule has 116 valence electrons. The van der Waals surface area contributed by atoms with Crippen LogP contribution >= 0.6 is 11.6 Å². The van der Waals surface area contributed by atoms with E-state index in [0.717, 1.165) is 18.7 Å². The maximum absolute atomic E-state index is 11.4. The SMILES string of the molecule is CC(C)NCc1ccc(OCCN2CCNC2=O)c(Cl)c1. The molecule has 0 saturated carbocycles. The third kappa shape index (κ3) is 4.79. The molecule has 0 aliphatic carbocycles. The first-order chi connectivity index (χ1) is 10.1. The normalized spacial score (nSPS) is 14.7. The summed E-state index contributed by atoms with van der Waals surface area (Å²) in [6.45, 7) is 7.44. The van der Waals surface area contributed by atoms with E-state index in [1.165, 1.54) is 0 Å². The minimum Gasteiger partial charge on any atom is -0.490 e. The smallest absolute Gasteiger partial charge is 0.317 e. The second-order valence-electron chi connectivity index (χ2n) is 5.37. The first-order valence-electron chi connectivity index (χ1n) is 7.23. The van der Waals surface area contributed by atoms with E-state index in [2.05, 4.69) is 24.5 Å². The van der Waals surface area contributed by atoms with Crippen LogP contribution in [-0.2, 0) is 6.54 Å². The minimum atomic E-state index is -0.0280. The Morgan fingerprint density at radius 3 is 2.90 bits per heavy atom. The van der Waals surface area contributed by atoms with Crippen LogP contribution in [0.1, 0.15) is 19.4 Å². The molecule has 21 heavy (non-hydrogen) atoms. The zero-order chi connectivity index (χ0) is 15.2. The Morgan fingerprint density at radius 2 is 2.29 bits per heavy atom. The molecule has 1 aliphatic heterocycles. The highest BCUT2D eigenvalue weighted by Gasteiger charge is 2.18. The Morgan fingerprint density at radius 1 is 1.48 bits per heavy atom. The monoisotopic (exact) mass is 311 g/mol. The van der Waals surface area contributed by atoms with Gasteiger partial charge in [-0.25, -0.2) is 4.79 Å². The maximum Gasteiger partial charge on any atom is 0.317 e. The fourth-order valence-corrected chi connectivity index (χ4v) is 2.34. The van der Waals surface area contributed by atoms with Crippen molar-refractivity contribution in [1.82, 2.24) is 15.5 Å². The van der Waals surface area contributed by atoms with E-state index in [-0.39, 0.29) is 6.03 Å². The lowest BCUT2D eigenvalue weighted by atomic mass is 10.2. The predicted octanol–water partition coefficient (Wildman–Crippen LogP) is 2.24. The predicted molar refractivity (Wildman–Crippen MR) is 83.9 cm³/mol. The molecule has 0 aromatic heterocycles. The van der Waals surface area contributed by atoms with Crippen LogP contribution in [-0.4, -0.2) is 43.2 Å². The van der Waals surface area contributed by atoms with Crippen LogP contribution in [0.25, 0.3) is 0 Å². The fourth-order valence-electron chi connectivity index (χ4n) is 2.08. The van der Waals surface area contributed by atoms with Crippen molar-refractivity contribution in [1.29, 1.82) is 0 Å². The zero-order valence-electron chi connectivity index (χ0n) is 12.5. The molecule has 2 N–H and O–H groups in total. The van der Waals surface area contributed by atoms with Crippen molar-refractivity contribution in [2.24, 2.45) is 0 Å². The lowest BCUT2D eigenvalue weighted by molar-refractivity contribution is 0.202. The van der Waals surface area contributed by atoms with Crippen molar-refractivity contribution in [3.63, 3.8) is 0 Å². The molecule has 6 heteroatoms. The summed E-state index contributed by atoms with van der Waals surface area (Å²) >= 11 is 6.22. The number of hydrogen-bond donors (Lipinski definition) is 2. The molecule has 2 rings (SSSR count). The van der Waals surface area contributed by atoms with Gasteiger partial charge in [0, 0.05) is 25.7 Å². The van der Waals surface area contributed by atoms with Gasteiger partial charge < -0.3 is 20.3 Å². The van der Waals surface area contributed by atoms with E-state index >= 15 is 0 Å². The number of urea groups is 1. The van der Waals surface area contributed by atoms with Gasteiger partial charge in [-0.1, -0.05) is 31.5 Å². The summed E-state index contributed by atoms with van der Waals surface area (Å²) in [6.07, 6.45) is 0. The first kappa shape index (κ1) is 15.9. The molecule has 0 spiro atoms. The van der Waals surface area contributed by atoms with Crippen molar-refractivity contribution in [3.05, 3.63) is 28.8 Å². The molecule has 0 atom stereocenters. The maximum atomic E-state index is 11.4. The van der Waals surface area contributed by atoms with Crippen molar-refractivity contribution in [2.45, 2.75) is 26.4 Å². The molecule has 2 amide bonds. The number of nitrogens with one attached hydrogen (secondary N) is 2. The molecule has 1 heterocycles. The molecule has 0 radical (unpaired) electrons.